The molecule has 0 N–H and O–H groups in total. The number of aromatic nitrogens is 2. The predicted octanol–water partition coefficient (Wildman–Crippen LogP) is 3.70. The van der Waals surface area contributed by atoms with Gasteiger partial charge in [-0.15, -0.1) is 5.10 Å². The van der Waals surface area contributed by atoms with Crippen LogP contribution in [0.1, 0.15) is 5.56 Å². The number of benzene rings is 1. The highest BCUT2D eigenvalue weighted by atomic mass is 35.5. The maximum atomic E-state index is 6.19. The number of rotatable bonds is 2. The van der Waals surface area contributed by atoms with Crippen LogP contribution < -0.4 is 9.75 Å². The van der Waals surface area contributed by atoms with Crippen LogP contribution in [-0.2, 0) is 0 Å². The van der Waals surface area contributed by atoms with E-state index in [0.717, 1.165) is 0 Å². The molecule has 0 aliphatic carbocycles. The first-order valence-corrected chi connectivity index (χ1v) is 7.94. The van der Waals surface area contributed by atoms with Crippen LogP contribution in [0.15, 0.2) is 34.7 Å². The Morgan fingerprint density at radius 1 is 1.24 bits per heavy atom. The summed E-state index contributed by atoms with van der Waals surface area (Å²) < 4.78 is 5.75. The average molecular weight is 341 g/mol. The molecule has 1 aliphatic heterocycles. The van der Waals surface area contributed by atoms with E-state index in [-0.39, 0.29) is 0 Å². The lowest BCUT2D eigenvalue weighted by atomic mass is 10.2. The van der Waals surface area contributed by atoms with Gasteiger partial charge in [-0.25, -0.2) is 9.99 Å². The molecule has 1 aromatic heterocycles. The topological polar surface area (TPSA) is 50.6 Å². The maximum absolute atomic E-state index is 6.19. The maximum Gasteiger partial charge on any atom is 0.247 e. The predicted molar refractivity (Wildman–Crippen MR) is 85.8 cm³/mol. The van der Waals surface area contributed by atoms with E-state index in [1.165, 1.54) is 11.8 Å². The second-order valence-electron chi connectivity index (χ2n) is 4.17. The summed E-state index contributed by atoms with van der Waals surface area (Å²) in [4.78, 5) is 8.56. The first kappa shape index (κ1) is 14.4. The summed E-state index contributed by atoms with van der Waals surface area (Å²) in [6.07, 6.45) is 3.52. The summed E-state index contributed by atoms with van der Waals surface area (Å²) in [7, 11) is 1.78. The SMILES string of the molecule is CSc1ncc2c(n1)N(C)N=C(c1c(Cl)cccc1Cl)O2. The van der Waals surface area contributed by atoms with Crippen molar-refractivity contribution in [3.8, 4) is 5.75 Å². The molecule has 2 heterocycles. The van der Waals surface area contributed by atoms with E-state index in [1.54, 1.807) is 36.5 Å². The third kappa shape index (κ3) is 2.66. The van der Waals surface area contributed by atoms with Gasteiger partial charge in [0.05, 0.1) is 21.8 Å². The van der Waals surface area contributed by atoms with Crippen LogP contribution in [0.2, 0.25) is 10.0 Å². The van der Waals surface area contributed by atoms with Gasteiger partial charge in [-0.2, -0.15) is 4.98 Å². The van der Waals surface area contributed by atoms with Gasteiger partial charge in [-0.1, -0.05) is 41.0 Å². The standard InChI is InChI=1S/C13H10Cl2N4OS/c1-19-11-9(6-16-13(17-11)21-2)20-12(18-19)10-7(14)4-3-5-8(10)15/h3-6H,1-2H3. The molecule has 1 aliphatic rings. The van der Waals surface area contributed by atoms with Crippen molar-refractivity contribution in [1.29, 1.82) is 0 Å². The molecular formula is C13H10Cl2N4OS. The molecule has 0 saturated heterocycles. The van der Waals surface area contributed by atoms with E-state index in [0.29, 0.717) is 38.2 Å². The Morgan fingerprint density at radius 2 is 1.95 bits per heavy atom. The van der Waals surface area contributed by atoms with Gasteiger partial charge in [0.2, 0.25) is 5.90 Å². The fourth-order valence-corrected chi connectivity index (χ4v) is 2.75. The van der Waals surface area contributed by atoms with E-state index in [2.05, 4.69) is 15.1 Å². The van der Waals surface area contributed by atoms with Gasteiger partial charge in [0, 0.05) is 7.05 Å². The number of fused-ring (bicyclic) bond motifs is 1. The van der Waals surface area contributed by atoms with Crippen molar-refractivity contribution in [2.45, 2.75) is 5.16 Å². The van der Waals surface area contributed by atoms with Crippen LogP contribution in [0.5, 0.6) is 5.75 Å². The summed E-state index contributed by atoms with van der Waals surface area (Å²) in [5.74, 6) is 1.43. The molecule has 3 rings (SSSR count). The molecule has 0 fully saturated rings. The molecule has 0 bridgehead atoms. The van der Waals surface area contributed by atoms with Crippen molar-refractivity contribution in [2.24, 2.45) is 5.10 Å². The lowest BCUT2D eigenvalue weighted by Gasteiger charge is -2.23. The minimum absolute atomic E-state index is 0.320. The minimum Gasteiger partial charge on any atom is -0.431 e. The zero-order valence-corrected chi connectivity index (χ0v) is 13.5. The molecule has 0 radical (unpaired) electrons. The molecule has 0 atom stereocenters. The number of hydrazone groups is 1. The van der Waals surface area contributed by atoms with Gasteiger partial charge >= 0.3 is 0 Å². The van der Waals surface area contributed by atoms with Gasteiger partial charge in [0.1, 0.15) is 0 Å². The van der Waals surface area contributed by atoms with Crippen molar-refractivity contribution in [1.82, 2.24) is 9.97 Å². The molecule has 0 spiro atoms. The highest BCUT2D eigenvalue weighted by Crippen LogP contribution is 2.34. The molecule has 108 valence electrons. The van der Waals surface area contributed by atoms with Gasteiger partial charge in [-0.05, 0) is 18.4 Å². The number of thioether (sulfide) groups is 1. The Kier molecular flexibility index (Phi) is 3.93. The summed E-state index contributed by atoms with van der Waals surface area (Å²) in [5.41, 5.74) is 0.548. The fourth-order valence-electron chi connectivity index (χ4n) is 1.86. The summed E-state index contributed by atoms with van der Waals surface area (Å²) in [5, 5.41) is 7.57. The van der Waals surface area contributed by atoms with E-state index in [4.69, 9.17) is 27.9 Å². The number of nitrogens with zero attached hydrogens (tertiary/aromatic N) is 4. The summed E-state index contributed by atoms with van der Waals surface area (Å²) >= 11 is 13.8. The Balaban J connectivity index is 2.05. The molecule has 21 heavy (non-hydrogen) atoms. The molecule has 5 nitrogen and oxygen atoms in total. The van der Waals surface area contributed by atoms with Crippen LogP contribution in [0.3, 0.4) is 0 Å². The number of anilines is 1. The van der Waals surface area contributed by atoms with Crippen molar-refractivity contribution in [2.75, 3.05) is 18.3 Å². The largest absolute Gasteiger partial charge is 0.431 e. The van der Waals surface area contributed by atoms with Crippen LogP contribution in [0.4, 0.5) is 5.82 Å². The molecule has 0 amide bonds. The van der Waals surface area contributed by atoms with Crippen molar-refractivity contribution in [3.63, 3.8) is 0 Å². The van der Waals surface area contributed by atoms with Crippen LogP contribution in [0.25, 0.3) is 0 Å². The van der Waals surface area contributed by atoms with Gasteiger partial charge in [-0.3, -0.25) is 0 Å². The van der Waals surface area contributed by atoms with E-state index in [1.807, 2.05) is 6.26 Å². The molecular weight excluding hydrogens is 331 g/mol. The average Bonchev–Trinajstić information content (AvgIpc) is 2.47. The molecule has 1 aromatic carbocycles. The number of ether oxygens (including phenoxy) is 1. The van der Waals surface area contributed by atoms with Gasteiger partial charge in [0.25, 0.3) is 0 Å². The van der Waals surface area contributed by atoms with Crippen LogP contribution in [0, 0.1) is 0 Å². The minimum atomic E-state index is 0.320. The number of hydrogen-bond acceptors (Lipinski definition) is 6. The third-order valence-corrected chi connectivity index (χ3v) is 4.02. The Morgan fingerprint density at radius 3 is 2.62 bits per heavy atom. The quantitative estimate of drug-likeness (QED) is 0.616. The zero-order chi connectivity index (χ0) is 15.0. The first-order valence-electron chi connectivity index (χ1n) is 5.95. The monoisotopic (exact) mass is 340 g/mol. The van der Waals surface area contributed by atoms with Gasteiger partial charge in [0.15, 0.2) is 16.7 Å². The zero-order valence-electron chi connectivity index (χ0n) is 11.2. The second-order valence-corrected chi connectivity index (χ2v) is 5.76. The number of halogens is 2. The van der Waals surface area contributed by atoms with Crippen molar-refractivity contribution < 1.29 is 4.74 Å². The second kappa shape index (κ2) is 5.71. The normalized spacial score (nSPS) is 13.5. The van der Waals surface area contributed by atoms with E-state index < -0.39 is 0 Å². The Hall–Kier alpha value is -1.50. The van der Waals surface area contributed by atoms with E-state index in [9.17, 15) is 0 Å². The fraction of sp³-hybridized carbons (Fsp3) is 0.154. The smallest absolute Gasteiger partial charge is 0.247 e. The molecule has 0 unspecified atom stereocenters. The Bertz CT molecular complexity index is 718. The number of hydrogen-bond donors (Lipinski definition) is 0. The molecule has 0 saturated carbocycles. The van der Waals surface area contributed by atoms with Crippen molar-refractivity contribution in [3.05, 3.63) is 40.0 Å². The van der Waals surface area contributed by atoms with Crippen molar-refractivity contribution >= 4 is 46.7 Å². The molecule has 2 aromatic rings. The highest BCUT2D eigenvalue weighted by molar-refractivity contribution is 7.98. The highest BCUT2D eigenvalue weighted by Gasteiger charge is 2.24. The lowest BCUT2D eigenvalue weighted by molar-refractivity contribution is 0.521. The lowest BCUT2D eigenvalue weighted by Crippen LogP contribution is -2.26. The summed E-state index contributed by atoms with van der Waals surface area (Å²) in [6.45, 7) is 0. The Labute approximate surface area is 135 Å². The summed E-state index contributed by atoms with van der Waals surface area (Å²) in [6, 6.07) is 5.23. The van der Waals surface area contributed by atoms with Crippen LogP contribution in [-0.4, -0.2) is 29.2 Å². The van der Waals surface area contributed by atoms with Crippen LogP contribution >= 0.6 is 35.0 Å². The molecule has 8 heteroatoms. The van der Waals surface area contributed by atoms with Gasteiger partial charge < -0.3 is 4.74 Å². The van der Waals surface area contributed by atoms with E-state index >= 15 is 0 Å². The third-order valence-electron chi connectivity index (χ3n) is 2.83. The first-order chi connectivity index (χ1) is 10.1.